The maximum atomic E-state index is 11.5. The molecule has 74 valence electrons. The van der Waals surface area contributed by atoms with Gasteiger partial charge in [0.1, 0.15) is 0 Å². The minimum absolute atomic E-state index is 0.0177. The molecule has 0 fully saturated rings. The zero-order valence-electron chi connectivity index (χ0n) is 7.03. The van der Waals surface area contributed by atoms with Crippen molar-refractivity contribution in [2.24, 2.45) is 5.73 Å². The van der Waals surface area contributed by atoms with Crippen LogP contribution in [0.1, 0.15) is 19.8 Å². The van der Waals surface area contributed by atoms with Crippen molar-refractivity contribution < 1.29 is 17.9 Å². The summed E-state index contributed by atoms with van der Waals surface area (Å²) in [7, 11) is 0. The van der Waals surface area contributed by atoms with Crippen molar-refractivity contribution in [1.29, 1.82) is 0 Å². The second-order valence-electron chi connectivity index (χ2n) is 2.74. The highest BCUT2D eigenvalue weighted by Gasteiger charge is 2.26. The summed E-state index contributed by atoms with van der Waals surface area (Å²) in [6, 6.07) is -0.0177. The largest absolute Gasteiger partial charge is 0.391 e. The van der Waals surface area contributed by atoms with Gasteiger partial charge in [0.2, 0.25) is 0 Å². The van der Waals surface area contributed by atoms with E-state index in [0.717, 1.165) is 0 Å². The number of alkyl halides is 3. The number of halogens is 3. The molecular weight excluding hydrogens is 171 g/mol. The van der Waals surface area contributed by atoms with E-state index in [1.54, 1.807) is 6.92 Å². The van der Waals surface area contributed by atoms with E-state index >= 15 is 0 Å². The van der Waals surface area contributed by atoms with Crippen LogP contribution in [-0.2, 0) is 4.74 Å². The van der Waals surface area contributed by atoms with Gasteiger partial charge in [-0.25, -0.2) is 0 Å². The second-order valence-corrected chi connectivity index (χ2v) is 2.74. The lowest BCUT2D eigenvalue weighted by Gasteiger charge is -2.08. The first kappa shape index (κ1) is 11.7. The van der Waals surface area contributed by atoms with Crippen LogP contribution in [0.2, 0.25) is 0 Å². The Labute approximate surface area is 69.9 Å². The molecule has 1 atom stereocenters. The fourth-order valence-electron chi connectivity index (χ4n) is 0.559. The molecule has 0 saturated heterocycles. The Morgan fingerprint density at radius 1 is 1.33 bits per heavy atom. The number of rotatable bonds is 5. The summed E-state index contributed by atoms with van der Waals surface area (Å²) >= 11 is 0. The number of hydrogen-bond donors (Lipinski definition) is 1. The van der Waals surface area contributed by atoms with Crippen LogP contribution in [0.15, 0.2) is 0 Å². The van der Waals surface area contributed by atoms with E-state index in [1.165, 1.54) is 0 Å². The molecular formula is C7H14F3NO. The van der Waals surface area contributed by atoms with Gasteiger partial charge in [0.15, 0.2) is 0 Å². The number of ether oxygens (including phenoxy) is 1. The highest BCUT2D eigenvalue weighted by molar-refractivity contribution is 4.52. The standard InChI is InChI=1S/C7H14F3NO/c1-6(11)2-4-12-5-3-7(8,9)10/h6H,2-5,11H2,1H3. The van der Waals surface area contributed by atoms with Gasteiger partial charge in [0.25, 0.3) is 0 Å². The van der Waals surface area contributed by atoms with Gasteiger partial charge in [-0.3, -0.25) is 0 Å². The van der Waals surface area contributed by atoms with Crippen LogP contribution in [0.3, 0.4) is 0 Å². The van der Waals surface area contributed by atoms with Crippen molar-refractivity contribution in [1.82, 2.24) is 0 Å². The van der Waals surface area contributed by atoms with Gasteiger partial charge in [-0.15, -0.1) is 0 Å². The quantitative estimate of drug-likeness (QED) is 0.661. The Hall–Kier alpha value is -0.290. The fraction of sp³-hybridized carbons (Fsp3) is 1.00. The van der Waals surface area contributed by atoms with Crippen LogP contribution in [0.25, 0.3) is 0 Å². The van der Waals surface area contributed by atoms with Crippen LogP contribution >= 0.6 is 0 Å². The van der Waals surface area contributed by atoms with Gasteiger partial charge in [0, 0.05) is 12.6 Å². The van der Waals surface area contributed by atoms with Gasteiger partial charge in [-0.2, -0.15) is 13.2 Å². The predicted molar refractivity (Wildman–Crippen MR) is 39.8 cm³/mol. The van der Waals surface area contributed by atoms with Crippen LogP contribution in [-0.4, -0.2) is 25.4 Å². The molecule has 2 nitrogen and oxygen atoms in total. The third-order valence-electron chi connectivity index (χ3n) is 1.25. The van der Waals surface area contributed by atoms with E-state index in [4.69, 9.17) is 10.5 Å². The Bertz CT molecular complexity index is 114. The minimum atomic E-state index is -4.12. The summed E-state index contributed by atoms with van der Waals surface area (Å²) in [6.07, 6.45) is -4.40. The summed E-state index contributed by atoms with van der Waals surface area (Å²) in [6.45, 7) is 1.82. The average Bonchev–Trinajstić information content (AvgIpc) is 1.83. The molecule has 0 amide bonds. The molecule has 0 aliphatic carbocycles. The monoisotopic (exact) mass is 185 g/mol. The van der Waals surface area contributed by atoms with Gasteiger partial charge in [-0.05, 0) is 13.3 Å². The number of hydrogen-bond acceptors (Lipinski definition) is 2. The van der Waals surface area contributed by atoms with Gasteiger partial charge < -0.3 is 10.5 Å². The Morgan fingerprint density at radius 2 is 1.92 bits per heavy atom. The van der Waals surface area contributed by atoms with Crippen molar-refractivity contribution in [3.63, 3.8) is 0 Å². The third-order valence-corrected chi connectivity index (χ3v) is 1.25. The molecule has 0 aromatic rings. The molecule has 0 aliphatic heterocycles. The zero-order chi connectivity index (χ0) is 9.61. The first-order valence-corrected chi connectivity index (χ1v) is 3.82. The van der Waals surface area contributed by atoms with E-state index in [9.17, 15) is 13.2 Å². The third kappa shape index (κ3) is 9.71. The van der Waals surface area contributed by atoms with Crippen molar-refractivity contribution in [2.45, 2.75) is 32.0 Å². The molecule has 0 aromatic heterocycles. The predicted octanol–water partition coefficient (Wildman–Crippen LogP) is 1.69. The molecule has 0 aliphatic rings. The summed E-state index contributed by atoms with van der Waals surface area (Å²) < 4.78 is 39.3. The highest BCUT2D eigenvalue weighted by atomic mass is 19.4. The molecule has 0 bridgehead atoms. The second kappa shape index (κ2) is 5.37. The van der Waals surface area contributed by atoms with Crippen molar-refractivity contribution in [3.05, 3.63) is 0 Å². The van der Waals surface area contributed by atoms with Crippen LogP contribution in [0, 0.1) is 0 Å². The van der Waals surface area contributed by atoms with Crippen molar-refractivity contribution in [2.75, 3.05) is 13.2 Å². The Morgan fingerprint density at radius 3 is 2.33 bits per heavy atom. The van der Waals surface area contributed by atoms with Gasteiger partial charge >= 0.3 is 6.18 Å². The van der Waals surface area contributed by atoms with Crippen LogP contribution in [0.5, 0.6) is 0 Å². The topological polar surface area (TPSA) is 35.2 Å². The van der Waals surface area contributed by atoms with Gasteiger partial charge in [0.05, 0.1) is 13.0 Å². The number of nitrogens with two attached hydrogens (primary N) is 1. The van der Waals surface area contributed by atoms with E-state index < -0.39 is 12.6 Å². The van der Waals surface area contributed by atoms with E-state index in [-0.39, 0.29) is 12.6 Å². The average molecular weight is 185 g/mol. The normalized spacial score (nSPS) is 14.8. The van der Waals surface area contributed by atoms with E-state index in [1.807, 2.05) is 0 Å². The Kier molecular flexibility index (Phi) is 5.24. The molecule has 0 saturated carbocycles. The first-order chi connectivity index (χ1) is 5.42. The molecule has 0 aromatic carbocycles. The zero-order valence-corrected chi connectivity index (χ0v) is 7.03. The lowest BCUT2D eigenvalue weighted by Crippen LogP contribution is -2.18. The summed E-state index contributed by atoms with van der Waals surface area (Å²) in [4.78, 5) is 0. The molecule has 0 radical (unpaired) electrons. The van der Waals surface area contributed by atoms with Crippen LogP contribution in [0.4, 0.5) is 13.2 Å². The summed E-state index contributed by atoms with van der Waals surface area (Å²) in [5.41, 5.74) is 5.36. The molecule has 0 heterocycles. The van der Waals surface area contributed by atoms with E-state index in [0.29, 0.717) is 13.0 Å². The van der Waals surface area contributed by atoms with Crippen molar-refractivity contribution in [3.8, 4) is 0 Å². The molecule has 5 heteroatoms. The molecule has 0 spiro atoms. The lowest BCUT2D eigenvalue weighted by molar-refractivity contribution is -0.145. The van der Waals surface area contributed by atoms with Crippen molar-refractivity contribution >= 4 is 0 Å². The van der Waals surface area contributed by atoms with Crippen LogP contribution < -0.4 is 5.73 Å². The lowest BCUT2D eigenvalue weighted by atomic mass is 10.3. The maximum Gasteiger partial charge on any atom is 0.391 e. The first-order valence-electron chi connectivity index (χ1n) is 3.82. The van der Waals surface area contributed by atoms with E-state index in [2.05, 4.69) is 0 Å². The SMILES string of the molecule is CC(N)CCOCCC(F)(F)F. The highest BCUT2D eigenvalue weighted by Crippen LogP contribution is 2.18. The van der Waals surface area contributed by atoms with Gasteiger partial charge in [-0.1, -0.05) is 0 Å². The summed E-state index contributed by atoms with van der Waals surface area (Å²) in [5, 5.41) is 0. The smallest absolute Gasteiger partial charge is 0.381 e. The molecule has 0 rings (SSSR count). The Balaban J connectivity index is 3.12. The molecule has 12 heavy (non-hydrogen) atoms. The molecule has 2 N–H and O–H groups in total. The fourth-order valence-corrected chi connectivity index (χ4v) is 0.559. The summed E-state index contributed by atoms with van der Waals surface area (Å²) in [5.74, 6) is 0. The molecule has 1 unspecified atom stereocenters. The minimum Gasteiger partial charge on any atom is -0.381 e. The maximum absolute atomic E-state index is 11.5.